The van der Waals surface area contributed by atoms with Gasteiger partial charge in [-0.3, -0.25) is 4.79 Å². The maximum atomic E-state index is 12.1. The van der Waals surface area contributed by atoms with E-state index in [1.165, 1.54) is 6.92 Å². The average Bonchev–Trinajstić information content (AvgIpc) is 2.78. The van der Waals surface area contributed by atoms with Gasteiger partial charge in [0.2, 0.25) is 0 Å². The summed E-state index contributed by atoms with van der Waals surface area (Å²) in [5.74, 6) is -2.00. The summed E-state index contributed by atoms with van der Waals surface area (Å²) in [7, 11) is 0. The molecule has 0 saturated heterocycles. The van der Waals surface area contributed by atoms with Crippen molar-refractivity contribution in [2.75, 3.05) is 0 Å². The Kier molecular flexibility index (Phi) is 4.41. The molecular formula is C22H36O7. The van der Waals surface area contributed by atoms with Crippen molar-refractivity contribution >= 4 is 5.97 Å². The van der Waals surface area contributed by atoms with Crippen LogP contribution in [0.25, 0.3) is 0 Å². The van der Waals surface area contributed by atoms with E-state index in [1.807, 2.05) is 0 Å². The molecule has 0 aliphatic heterocycles. The van der Waals surface area contributed by atoms with Crippen LogP contribution in [0.1, 0.15) is 66.7 Å². The fourth-order valence-electron chi connectivity index (χ4n) is 8.10. The molecule has 4 fully saturated rings. The number of aliphatic hydroxyl groups is 5. The van der Waals surface area contributed by atoms with Crippen LogP contribution in [-0.4, -0.2) is 66.6 Å². The van der Waals surface area contributed by atoms with E-state index < -0.39 is 63.8 Å². The van der Waals surface area contributed by atoms with Gasteiger partial charge in [-0.05, 0) is 51.9 Å². The zero-order valence-electron chi connectivity index (χ0n) is 18.1. The number of hydrogen-bond acceptors (Lipinski definition) is 7. The number of hydrogen-bond donors (Lipinski definition) is 5. The van der Waals surface area contributed by atoms with Gasteiger partial charge in [-0.15, -0.1) is 0 Å². The molecule has 10 atom stereocenters. The highest BCUT2D eigenvalue weighted by Gasteiger charge is 2.77. The number of fused-ring (bicyclic) bond motifs is 2. The van der Waals surface area contributed by atoms with Gasteiger partial charge in [0, 0.05) is 29.6 Å². The molecule has 29 heavy (non-hydrogen) atoms. The molecule has 0 radical (unpaired) electrons. The predicted octanol–water partition coefficient (Wildman–Crippen LogP) is 0.739. The van der Waals surface area contributed by atoms with Crippen LogP contribution in [0, 0.1) is 28.6 Å². The number of carbonyl (C=O) groups is 1. The molecule has 0 aromatic carbocycles. The van der Waals surface area contributed by atoms with E-state index >= 15 is 0 Å². The van der Waals surface area contributed by atoms with E-state index in [-0.39, 0.29) is 25.2 Å². The SMILES string of the molecule is CC(=O)O[C@@H]1C[C@]23C[C@@](C)(O)[C@H](CC[C@H]2[C@@](C)(O)[C@@H]2C[C@H](O)C(C)(C)[C@@]12O)[C@H]3O. The summed E-state index contributed by atoms with van der Waals surface area (Å²) in [6.07, 6.45) is -0.972. The fraction of sp³-hybridized carbons (Fsp3) is 0.955. The lowest BCUT2D eigenvalue weighted by molar-refractivity contribution is -0.213. The van der Waals surface area contributed by atoms with Gasteiger partial charge in [-0.2, -0.15) is 0 Å². The molecule has 5 N–H and O–H groups in total. The number of aliphatic hydroxyl groups excluding tert-OH is 2. The van der Waals surface area contributed by atoms with Crippen LogP contribution in [0.2, 0.25) is 0 Å². The third-order valence-electron chi connectivity index (χ3n) is 9.55. The summed E-state index contributed by atoms with van der Waals surface area (Å²) in [6.45, 7) is 8.16. The van der Waals surface area contributed by atoms with Crippen LogP contribution in [-0.2, 0) is 9.53 Å². The Hall–Kier alpha value is -0.730. The van der Waals surface area contributed by atoms with Crippen molar-refractivity contribution in [2.24, 2.45) is 28.6 Å². The molecule has 4 rings (SSSR count). The Morgan fingerprint density at radius 3 is 2.21 bits per heavy atom. The molecule has 7 heteroatoms. The Labute approximate surface area is 172 Å². The molecular weight excluding hydrogens is 376 g/mol. The van der Waals surface area contributed by atoms with Crippen molar-refractivity contribution < 1.29 is 35.1 Å². The summed E-state index contributed by atoms with van der Waals surface area (Å²) in [5.41, 5.74) is -6.08. The Balaban J connectivity index is 1.93. The first-order valence-corrected chi connectivity index (χ1v) is 10.8. The quantitative estimate of drug-likeness (QED) is 0.402. The van der Waals surface area contributed by atoms with Gasteiger partial charge in [0.15, 0.2) is 0 Å². The van der Waals surface area contributed by atoms with Gasteiger partial charge >= 0.3 is 5.97 Å². The summed E-state index contributed by atoms with van der Waals surface area (Å²) in [6, 6.07) is 0. The van der Waals surface area contributed by atoms with Crippen molar-refractivity contribution in [3.05, 3.63) is 0 Å². The molecule has 4 aliphatic rings. The van der Waals surface area contributed by atoms with E-state index in [1.54, 1.807) is 27.7 Å². The van der Waals surface area contributed by atoms with Crippen molar-refractivity contribution in [1.29, 1.82) is 0 Å². The van der Waals surface area contributed by atoms with Crippen LogP contribution in [0.5, 0.6) is 0 Å². The van der Waals surface area contributed by atoms with E-state index in [0.717, 1.165) is 0 Å². The summed E-state index contributed by atoms with van der Waals surface area (Å²) < 4.78 is 5.67. The first-order valence-electron chi connectivity index (χ1n) is 10.8. The number of esters is 1. The number of carbonyl (C=O) groups excluding carboxylic acids is 1. The predicted molar refractivity (Wildman–Crippen MR) is 104 cm³/mol. The molecule has 0 amide bonds. The highest BCUT2D eigenvalue weighted by molar-refractivity contribution is 5.66. The van der Waals surface area contributed by atoms with Gasteiger partial charge in [0.1, 0.15) is 11.7 Å². The first-order chi connectivity index (χ1) is 13.1. The zero-order chi connectivity index (χ0) is 21.8. The lowest BCUT2D eigenvalue weighted by atomic mass is 9.57. The second-order valence-electron chi connectivity index (χ2n) is 11.3. The van der Waals surface area contributed by atoms with E-state index in [2.05, 4.69) is 0 Å². The average molecular weight is 413 g/mol. The van der Waals surface area contributed by atoms with Crippen molar-refractivity contribution in [3.8, 4) is 0 Å². The Morgan fingerprint density at radius 1 is 1.00 bits per heavy atom. The Morgan fingerprint density at radius 2 is 1.62 bits per heavy atom. The third-order valence-corrected chi connectivity index (χ3v) is 9.55. The van der Waals surface area contributed by atoms with Crippen LogP contribution in [0.4, 0.5) is 0 Å². The summed E-state index contributed by atoms with van der Waals surface area (Å²) >= 11 is 0. The Bertz CT molecular complexity index is 716. The minimum Gasteiger partial charge on any atom is -0.459 e. The largest absolute Gasteiger partial charge is 0.459 e. The molecule has 166 valence electrons. The van der Waals surface area contributed by atoms with Crippen molar-refractivity contribution in [3.63, 3.8) is 0 Å². The smallest absolute Gasteiger partial charge is 0.303 e. The van der Waals surface area contributed by atoms with Crippen molar-refractivity contribution in [1.82, 2.24) is 0 Å². The zero-order valence-corrected chi connectivity index (χ0v) is 18.1. The van der Waals surface area contributed by atoms with Crippen LogP contribution >= 0.6 is 0 Å². The third kappa shape index (κ3) is 2.45. The van der Waals surface area contributed by atoms with Crippen LogP contribution in [0.3, 0.4) is 0 Å². The fourth-order valence-corrected chi connectivity index (χ4v) is 8.10. The maximum absolute atomic E-state index is 12.1. The second kappa shape index (κ2) is 5.94. The standard InChI is InChI=1S/C22H36O7/c1-11(23)29-16-9-21-10-19(4,26)12(17(21)25)6-7-13(21)20(5,27)14-8-15(24)18(2,3)22(14,16)28/h12-17,24-28H,6-10H2,1-5H3/t12-,13+,14+,15+,16-,17-,19-,20-,21+,22+/m1/s1. The van der Waals surface area contributed by atoms with Gasteiger partial charge in [-0.1, -0.05) is 13.8 Å². The van der Waals surface area contributed by atoms with Gasteiger partial charge in [0.05, 0.1) is 23.4 Å². The van der Waals surface area contributed by atoms with Gasteiger partial charge < -0.3 is 30.3 Å². The number of rotatable bonds is 1. The molecule has 1 spiro atoms. The molecule has 0 aromatic heterocycles. The lowest BCUT2D eigenvalue weighted by Gasteiger charge is -2.51. The van der Waals surface area contributed by atoms with Crippen LogP contribution in [0.15, 0.2) is 0 Å². The van der Waals surface area contributed by atoms with E-state index in [9.17, 15) is 30.3 Å². The maximum Gasteiger partial charge on any atom is 0.303 e. The van der Waals surface area contributed by atoms with E-state index in [4.69, 9.17) is 4.74 Å². The minimum absolute atomic E-state index is 0.143. The second-order valence-corrected chi connectivity index (χ2v) is 11.3. The summed E-state index contributed by atoms with van der Waals surface area (Å²) in [4.78, 5) is 12.0. The molecule has 2 bridgehead atoms. The van der Waals surface area contributed by atoms with E-state index in [0.29, 0.717) is 12.8 Å². The number of ether oxygens (including phenoxy) is 1. The normalized spacial score (nSPS) is 58.3. The topological polar surface area (TPSA) is 127 Å². The molecule has 0 unspecified atom stereocenters. The first kappa shape index (κ1) is 21.5. The molecule has 4 aliphatic carbocycles. The van der Waals surface area contributed by atoms with Gasteiger partial charge in [0.25, 0.3) is 0 Å². The van der Waals surface area contributed by atoms with Crippen molar-refractivity contribution in [2.45, 2.75) is 102 Å². The monoisotopic (exact) mass is 412 g/mol. The highest BCUT2D eigenvalue weighted by atomic mass is 16.6. The van der Waals surface area contributed by atoms with Gasteiger partial charge in [-0.25, -0.2) is 0 Å². The lowest BCUT2D eigenvalue weighted by Crippen LogP contribution is -2.61. The minimum atomic E-state index is -1.67. The highest BCUT2D eigenvalue weighted by Crippen LogP contribution is 2.70. The van der Waals surface area contributed by atoms with Crippen LogP contribution < -0.4 is 0 Å². The molecule has 4 saturated carbocycles. The molecule has 0 heterocycles. The molecule has 7 nitrogen and oxygen atoms in total. The molecule has 0 aromatic rings. The summed E-state index contributed by atoms with van der Waals surface area (Å²) in [5, 5.41) is 57.1.